The number of aliphatic carboxylic acids is 1. The normalized spacial score (nSPS) is 16.1. The molecule has 7 heteroatoms. The highest BCUT2D eigenvalue weighted by Crippen LogP contribution is 2.36. The molecule has 0 bridgehead atoms. The molecule has 28 heavy (non-hydrogen) atoms. The van der Waals surface area contributed by atoms with Crippen LogP contribution < -0.4 is 0 Å². The van der Waals surface area contributed by atoms with E-state index in [9.17, 15) is 14.7 Å². The molecule has 1 aromatic carbocycles. The van der Waals surface area contributed by atoms with Gasteiger partial charge < -0.3 is 14.4 Å². The molecular formula is C21H21N3O4. The van der Waals surface area contributed by atoms with Gasteiger partial charge in [-0.2, -0.15) is 5.10 Å². The van der Waals surface area contributed by atoms with E-state index < -0.39 is 11.4 Å². The van der Waals surface area contributed by atoms with Crippen LogP contribution in [0.2, 0.25) is 0 Å². The van der Waals surface area contributed by atoms with Crippen molar-refractivity contribution in [3.63, 3.8) is 0 Å². The number of aromatic amines is 1. The molecule has 1 fully saturated rings. The molecule has 1 saturated heterocycles. The zero-order valence-electron chi connectivity index (χ0n) is 15.5. The molecule has 0 saturated carbocycles. The van der Waals surface area contributed by atoms with Crippen LogP contribution in [0.15, 0.2) is 52.9 Å². The van der Waals surface area contributed by atoms with Crippen molar-refractivity contribution in [1.82, 2.24) is 15.1 Å². The fourth-order valence-corrected chi connectivity index (χ4v) is 3.77. The Hall–Kier alpha value is -3.35. The molecule has 4 rings (SSSR count). The van der Waals surface area contributed by atoms with E-state index in [0.717, 1.165) is 11.3 Å². The van der Waals surface area contributed by atoms with Crippen LogP contribution in [0, 0.1) is 6.92 Å². The number of benzene rings is 1. The van der Waals surface area contributed by atoms with E-state index in [-0.39, 0.29) is 5.91 Å². The minimum Gasteiger partial charge on any atom is -0.481 e. The molecule has 0 unspecified atom stereocenters. The third-order valence-corrected chi connectivity index (χ3v) is 5.44. The molecule has 3 heterocycles. The number of H-pyrrole nitrogens is 1. The summed E-state index contributed by atoms with van der Waals surface area (Å²) >= 11 is 0. The van der Waals surface area contributed by atoms with E-state index in [0.29, 0.717) is 43.1 Å². The van der Waals surface area contributed by atoms with Gasteiger partial charge in [0.15, 0.2) is 11.5 Å². The van der Waals surface area contributed by atoms with Crippen molar-refractivity contribution in [2.75, 3.05) is 13.1 Å². The third kappa shape index (κ3) is 3.09. The van der Waals surface area contributed by atoms with Gasteiger partial charge in [-0.1, -0.05) is 30.3 Å². The summed E-state index contributed by atoms with van der Waals surface area (Å²) in [5.41, 5.74) is 0.759. The number of likely N-dealkylation sites (tertiary alicyclic amines) is 1. The summed E-state index contributed by atoms with van der Waals surface area (Å²) in [4.78, 5) is 26.6. The molecule has 1 amide bonds. The molecule has 0 radical (unpaired) electrons. The first-order valence-corrected chi connectivity index (χ1v) is 9.20. The Morgan fingerprint density at radius 2 is 1.86 bits per heavy atom. The molecule has 2 N–H and O–H groups in total. The maximum atomic E-state index is 12.8. The first-order chi connectivity index (χ1) is 13.5. The van der Waals surface area contributed by atoms with Crippen molar-refractivity contribution in [2.45, 2.75) is 25.2 Å². The number of aromatic nitrogens is 2. The standard InChI is InChI=1S/C21H21N3O4/c1-14-7-8-18(28-14)16-13-17(23-22-16)19(25)24-11-9-21(10-12-24,20(26)27)15-5-3-2-4-6-15/h2-8,13H,9-12H2,1H3,(H,22,23)(H,26,27). The lowest BCUT2D eigenvalue weighted by Gasteiger charge is -2.39. The molecule has 144 valence electrons. The summed E-state index contributed by atoms with van der Waals surface area (Å²) in [6, 6.07) is 14.6. The minimum absolute atomic E-state index is 0.210. The molecule has 1 aliphatic rings. The Morgan fingerprint density at radius 1 is 1.14 bits per heavy atom. The van der Waals surface area contributed by atoms with Crippen molar-refractivity contribution in [3.05, 3.63) is 65.5 Å². The molecule has 0 aliphatic carbocycles. The van der Waals surface area contributed by atoms with Crippen LogP contribution in [0.25, 0.3) is 11.5 Å². The Balaban J connectivity index is 1.50. The lowest BCUT2D eigenvalue weighted by Crippen LogP contribution is -2.49. The molecule has 2 aromatic heterocycles. The van der Waals surface area contributed by atoms with Gasteiger partial charge in [0.2, 0.25) is 0 Å². The summed E-state index contributed by atoms with van der Waals surface area (Å²) in [7, 11) is 0. The number of hydrogen-bond donors (Lipinski definition) is 2. The zero-order chi connectivity index (χ0) is 19.7. The fraction of sp³-hybridized carbons (Fsp3) is 0.286. The number of amides is 1. The van der Waals surface area contributed by atoms with E-state index in [1.54, 1.807) is 11.0 Å². The van der Waals surface area contributed by atoms with E-state index in [1.807, 2.05) is 49.4 Å². The SMILES string of the molecule is Cc1ccc(-c2cc(C(=O)N3CCC(C(=O)O)(c4ccccc4)CC3)n[nH]2)o1. The predicted molar refractivity (Wildman–Crippen MR) is 102 cm³/mol. The number of rotatable bonds is 4. The number of piperidine rings is 1. The van der Waals surface area contributed by atoms with Gasteiger partial charge >= 0.3 is 5.97 Å². The quantitative estimate of drug-likeness (QED) is 0.725. The number of carboxylic acids is 1. The minimum atomic E-state index is -0.958. The second-order valence-electron chi connectivity index (χ2n) is 7.12. The number of carbonyl (C=O) groups excluding carboxylic acids is 1. The highest BCUT2D eigenvalue weighted by molar-refractivity contribution is 5.93. The number of hydrogen-bond acceptors (Lipinski definition) is 4. The van der Waals surface area contributed by atoms with Crippen LogP contribution in [0.4, 0.5) is 0 Å². The maximum absolute atomic E-state index is 12.8. The smallest absolute Gasteiger partial charge is 0.314 e. The van der Waals surface area contributed by atoms with E-state index in [2.05, 4.69) is 10.2 Å². The van der Waals surface area contributed by atoms with Gasteiger partial charge in [0.1, 0.15) is 11.5 Å². The van der Waals surface area contributed by atoms with Gasteiger partial charge in [0, 0.05) is 19.2 Å². The van der Waals surface area contributed by atoms with E-state index in [1.165, 1.54) is 0 Å². The second-order valence-corrected chi connectivity index (χ2v) is 7.12. The van der Waals surface area contributed by atoms with Gasteiger partial charge in [-0.3, -0.25) is 14.7 Å². The van der Waals surface area contributed by atoms with Crippen molar-refractivity contribution >= 4 is 11.9 Å². The molecule has 3 aromatic rings. The zero-order valence-corrected chi connectivity index (χ0v) is 15.5. The number of furan rings is 1. The lowest BCUT2D eigenvalue weighted by molar-refractivity contribution is -0.145. The van der Waals surface area contributed by atoms with Crippen LogP contribution in [0.1, 0.15) is 34.7 Å². The third-order valence-electron chi connectivity index (χ3n) is 5.44. The first kappa shape index (κ1) is 18.0. The highest BCUT2D eigenvalue weighted by Gasteiger charge is 2.44. The average Bonchev–Trinajstić information content (AvgIpc) is 3.37. The van der Waals surface area contributed by atoms with Crippen molar-refractivity contribution in [3.8, 4) is 11.5 Å². The van der Waals surface area contributed by atoms with Gasteiger partial charge in [0.05, 0.1) is 5.41 Å². The van der Waals surface area contributed by atoms with Crippen molar-refractivity contribution in [1.29, 1.82) is 0 Å². The van der Waals surface area contributed by atoms with Gasteiger partial charge in [-0.15, -0.1) is 0 Å². The number of carbonyl (C=O) groups is 2. The molecule has 7 nitrogen and oxygen atoms in total. The largest absolute Gasteiger partial charge is 0.481 e. The van der Waals surface area contributed by atoms with E-state index in [4.69, 9.17) is 4.42 Å². The summed E-state index contributed by atoms with van der Waals surface area (Å²) < 4.78 is 5.55. The molecule has 0 spiro atoms. The van der Waals surface area contributed by atoms with Crippen LogP contribution in [0.3, 0.4) is 0 Å². The van der Waals surface area contributed by atoms with Crippen LogP contribution in [-0.4, -0.2) is 45.2 Å². The Labute approximate surface area is 162 Å². The number of nitrogens with one attached hydrogen (secondary N) is 1. The van der Waals surface area contributed by atoms with Crippen LogP contribution >= 0.6 is 0 Å². The lowest BCUT2D eigenvalue weighted by atomic mass is 9.73. The summed E-state index contributed by atoms with van der Waals surface area (Å²) in [5.74, 6) is 0.343. The summed E-state index contributed by atoms with van der Waals surface area (Å²) in [6.07, 6.45) is 0.736. The Bertz CT molecular complexity index is 998. The van der Waals surface area contributed by atoms with Crippen molar-refractivity contribution < 1.29 is 19.1 Å². The maximum Gasteiger partial charge on any atom is 0.314 e. The number of aryl methyl sites for hydroxylation is 1. The molecule has 0 atom stereocenters. The van der Waals surface area contributed by atoms with E-state index >= 15 is 0 Å². The van der Waals surface area contributed by atoms with Gasteiger partial charge in [0.25, 0.3) is 5.91 Å². The summed E-state index contributed by atoms with van der Waals surface area (Å²) in [5, 5.41) is 16.8. The van der Waals surface area contributed by atoms with Gasteiger partial charge in [-0.25, -0.2) is 0 Å². The monoisotopic (exact) mass is 379 g/mol. The Morgan fingerprint density at radius 3 is 2.46 bits per heavy atom. The van der Waals surface area contributed by atoms with Gasteiger partial charge in [-0.05, 0) is 37.5 Å². The second kappa shape index (κ2) is 6.99. The highest BCUT2D eigenvalue weighted by atomic mass is 16.4. The Kier molecular flexibility index (Phi) is 4.50. The number of carboxylic acid groups (broad SMARTS) is 1. The van der Waals surface area contributed by atoms with Crippen LogP contribution in [0.5, 0.6) is 0 Å². The molecular weight excluding hydrogens is 358 g/mol. The first-order valence-electron chi connectivity index (χ1n) is 9.20. The molecule has 1 aliphatic heterocycles. The number of nitrogens with zero attached hydrogens (tertiary/aromatic N) is 2. The topological polar surface area (TPSA) is 99.4 Å². The summed E-state index contributed by atoms with van der Waals surface area (Å²) in [6.45, 7) is 2.57. The van der Waals surface area contributed by atoms with Crippen LogP contribution in [-0.2, 0) is 10.2 Å². The average molecular weight is 379 g/mol. The fourth-order valence-electron chi connectivity index (χ4n) is 3.77. The van der Waals surface area contributed by atoms with Crippen molar-refractivity contribution in [2.24, 2.45) is 0 Å². The predicted octanol–water partition coefficient (Wildman–Crippen LogP) is 3.24.